The zero-order chi connectivity index (χ0) is 14.7. The molecule has 0 aliphatic carbocycles. The van der Waals surface area contributed by atoms with Crippen LogP contribution < -0.4 is 5.32 Å². The van der Waals surface area contributed by atoms with Crippen LogP contribution in [0, 0.1) is 31.4 Å². The molecule has 0 radical (unpaired) electrons. The Labute approximate surface area is 107 Å². The minimum absolute atomic E-state index is 0.0706. The van der Waals surface area contributed by atoms with Gasteiger partial charge in [-0.15, -0.1) is 12.8 Å². The molecule has 18 heavy (non-hydrogen) atoms. The minimum atomic E-state index is -1.03. The van der Waals surface area contributed by atoms with Crippen molar-refractivity contribution in [2.45, 2.75) is 20.8 Å². The molecule has 4 heteroatoms. The molecule has 0 aliphatic heterocycles. The van der Waals surface area contributed by atoms with Gasteiger partial charge in [0.1, 0.15) is 0 Å². The number of terminal acetylenes is 1. The van der Waals surface area contributed by atoms with Gasteiger partial charge in [0.25, 0.3) is 5.91 Å². The molecule has 1 aromatic rings. The number of aryl methyl sites for hydroxylation is 1. The van der Waals surface area contributed by atoms with Crippen LogP contribution >= 0.6 is 0 Å². The Balaban J connectivity index is 0. The molecule has 1 aromatic carbocycles. The van der Waals surface area contributed by atoms with Crippen LogP contribution in [0.2, 0.25) is 0 Å². The highest BCUT2D eigenvalue weighted by molar-refractivity contribution is 5.94. The van der Waals surface area contributed by atoms with Crippen LogP contribution in [0.3, 0.4) is 0 Å². The Morgan fingerprint density at radius 2 is 1.83 bits per heavy atom. The van der Waals surface area contributed by atoms with Crippen LogP contribution in [-0.4, -0.2) is 5.91 Å². The number of hydrogen-bond donors (Lipinski definition) is 1. The predicted octanol–water partition coefficient (Wildman–Crippen LogP) is 3.42. The van der Waals surface area contributed by atoms with E-state index in [0.717, 1.165) is 6.07 Å². The molecule has 0 saturated carbocycles. The highest BCUT2D eigenvalue weighted by Crippen LogP contribution is 2.13. The van der Waals surface area contributed by atoms with Crippen LogP contribution in [0.4, 0.5) is 8.78 Å². The average molecular weight is 253 g/mol. The van der Waals surface area contributed by atoms with Crippen molar-refractivity contribution in [1.82, 2.24) is 5.32 Å². The van der Waals surface area contributed by atoms with Gasteiger partial charge in [-0.05, 0) is 30.8 Å². The van der Waals surface area contributed by atoms with Gasteiger partial charge in [-0.25, -0.2) is 8.78 Å². The smallest absolute Gasteiger partial charge is 0.255 e. The summed E-state index contributed by atoms with van der Waals surface area (Å²) in [5.41, 5.74) is 0.167. The van der Waals surface area contributed by atoms with Gasteiger partial charge in [0.15, 0.2) is 11.6 Å². The highest BCUT2D eigenvalue weighted by atomic mass is 19.2. The van der Waals surface area contributed by atoms with Crippen molar-refractivity contribution in [3.8, 4) is 12.8 Å². The van der Waals surface area contributed by atoms with Crippen molar-refractivity contribution < 1.29 is 13.6 Å². The maximum atomic E-state index is 12.9. The molecule has 1 amide bonds. The van der Waals surface area contributed by atoms with E-state index in [4.69, 9.17) is 0 Å². The summed E-state index contributed by atoms with van der Waals surface area (Å²) >= 11 is 0. The van der Waals surface area contributed by atoms with Crippen molar-refractivity contribution in [3.05, 3.63) is 47.7 Å². The molecular weight excluding hydrogens is 236 g/mol. The second-order valence-electron chi connectivity index (χ2n) is 2.77. The first-order chi connectivity index (χ1) is 8.56. The Bertz CT molecular complexity index is 402. The quantitative estimate of drug-likeness (QED) is 0.804. The first-order valence-corrected chi connectivity index (χ1v) is 5.27. The van der Waals surface area contributed by atoms with E-state index in [-0.39, 0.29) is 11.1 Å². The number of hydrogen-bond acceptors (Lipinski definition) is 1. The molecule has 0 fully saturated rings. The van der Waals surface area contributed by atoms with Crippen molar-refractivity contribution in [2.24, 2.45) is 0 Å². The summed E-state index contributed by atoms with van der Waals surface area (Å²) in [5, 5.41) is 2.27. The molecule has 98 valence electrons. The second kappa shape index (κ2) is 10.0. The molecule has 0 atom stereocenters. The first kappa shape index (κ1) is 18.2. The van der Waals surface area contributed by atoms with E-state index in [1.54, 1.807) is 0 Å². The Hall–Kier alpha value is -2.15. The van der Waals surface area contributed by atoms with Gasteiger partial charge in [0.05, 0.1) is 0 Å². The largest absolute Gasteiger partial charge is 0.329 e. The standard InChI is InChI=1S/C10H9F2NO.C2H6.C2H2/c1-3-13-10(14)7-4-6(2)9(12)8(11)5-7;2*1-2/h3-5H,1H2,2H3,(H,13,14);1-2H3;1-2H. The lowest BCUT2D eigenvalue weighted by molar-refractivity contribution is 0.0969. The Morgan fingerprint density at radius 1 is 1.33 bits per heavy atom. The molecule has 0 unspecified atom stereocenters. The molecule has 0 saturated heterocycles. The lowest BCUT2D eigenvalue weighted by Gasteiger charge is -2.03. The number of carbonyl (C=O) groups excluding carboxylic acids is 1. The van der Waals surface area contributed by atoms with Crippen LogP contribution in [0.15, 0.2) is 24.9 Å². The number of rotatable bonds is 2. The molecule has 2 nitrogen and oxygen atoms in total. The van der Waals surface area contributed by atoms with E-state index in [0.29, 0.717) is 0 Å². The summed E-state index contributed by atoms with van der Waals surface area (Å²) in [6, 6.07) is 2.12. The molecule has 1 rings (SSSR count). The average Bonchev–Trinajstić information content (AvgIpc) is 2.40. The summed E-state index contributed by atoms with van der Waals surface area (Å²) < 4.78 is 25.7. The van der Waals surface area contributed by atoms with Gasteiger partial charge >= 0.3 is 0 Å². The molecule has 0 heterocycles. The SMILES string of the molecule is C#C.C=CNC(=O)c1cc(C)c(F)c(F)c1.CC. The van der Waals surface area contributed by atoms with Gasteiger partial charge < -0.3 is 5.32 Å². The first-order valence-electron chi connectivity index (χ1n) is 5.27. The maximum absolute atomic E-state index is 12.9. The fourth-order valence-corrected chi connectivity index (χ4v) is 1.03. The van der Waals surface area contributed by atoms with E-state index >= 15 is 0 Å². The van der Waals surface area contributed by atoms with E-state index in [2.05, 4.69) is 24.7 Å². The molecule has 0 aliphatic rings. The van der Waals surface area contributed by atoms with Gasteiger partial charge in [-0.1, -0.05) is 20.4 Å². The molecule has 0 bridgehead atoms. The van der Waals surface area contributed by atoms with Gasteiger partial charge in [-0.3, -0.25) is 4.79 Å². The molecule has 0 aromatic heterocycles. The third kappa shape index (κ3) is 5.26. The second-order valence-corrected chi connectivity index (χ2v) is 2.77. The lowest BCUT2D eigenvalue weighted by atomic mass is 10.1. The van der Waals surface area contributed by atoms with Gasteiger partial charge in [0, 0.05) is 5.56 Å². The maximum Gasteiger partial charge on any atom is 0.255 e. The lowest BCUT2D eigenvalue weighted by Crippen LogP contribution is -2.17. The third-order valence-corrected chi connectivity index (χ3v) is 1.71. The zero-order valence-corrected chi connectivity index (χ0v) is 10.8. The van der Waals surface area contributed by atoms with E-state index in [1.165, 1.54) is 19.2 Å². The Kier molecular flexibility index (Phi) is 10.2. The summed E-state index contributed by atoms with van der Waals surface area (Å²) in [6.45, 7) is 8.68. The molecule has 1 N–H and O–H groups in total. The number of benzene rings is 1. The van der Waals surface area contributed by atoms with Crippen molar-refractivity contribution >= 4 is 5.91 Å². The number of halogens is 2. The topological polar surface area (TPSA) is 29.1 Å². The minimum Gasteiger partial charge on any atom is -0.329 e. The summed E-state index contributed by atoms with van der Waals surface area (Å²) in [4.78, 5) is 11.2. The predicted molar refractivity (Wildman–Crippen MR) is 70.0 cm³/mol. The van der Waals surface area contributed by atoms with Crippen LogP contribution in [0.1, 0.15) is 29.8 Å². The number of nitrogens with one attached hydrogen (secondary N) is 1. The fourth-order valence-electron chi connectivity index (χ4n) is 1.03. The van der Waals surface area contributed by atoms with Crippen molar-refractivity contribution in [1.29, 1.82) is 0 Å². The highest BCUT2D eigenvalue weighted by Gasteiger charge is 2.11. The van der Waals surface area contributed by atoms with Crippen LogP contribution in [0.5, 0.6) is 0 Å². The van der Waals surface area contributed by atoms with E-state index < -0.39 is 17.5 Å². The summed E-state index contributed by atoms with van der Waals surface area (Å²) in [5.74, 6) is -2.47. The van der Waals surface area contributed by atoms with Crippen LogP contribution in [-0.2, 0) is 0 Å². The molecular formula is C14H17F2NO. The van der Waals surface area contributed by atoms with Gasteiger partial charge in [-0.2, -0.15) is 0 Å². The van der Waals surface area contributed by atoms with Crippen molar-refractivity contribution in [3.63, 3.8) is 0 Å². The normalized spacial score (nSPS) is 7.94. The third-order valence-electron chi connectivity index (χ3n) is 1.71. The summed E-state index contributed by atoms with van der Waals surface area (Å²) in [7, 11) is 0. The summed E-state index contributed by atoms with van der Waals surface area (Å²) in [6.07, 6.45) is 9.18. The van der Waals surface area contributed by atoms with Gasteiger partial charge in [0.2, 0.25) is 0 Å². The fraction of sp³-hybridized carbons (Fsp3) is 0.214. The van der Waals surface area contributed by atoms with Crippen LogP contribution in [0.25, 0.3) is 0 Å². The number of carbonyl (C=O) groups is 1. The van der Waals surface area contributed by atoms with Crippen molar-refractivity contribution in [2.75, 3.05) is 0 Å². The monoisotopic (exact) mass is 253 g/mol. The number of amides is 1. The Morgan fingerprint density at radius 3 is 2.22 bits per heavy atom. The van der Waals surface area contributed by atoms with E-state index in [1.807, 2.05) is 13.8 Å². The molecule has 0 spiro atoms. The zero-order valence-electron chi connectivity index (χ0n) is 10.8. The van der Waals surface area contributed by atoms with E-state index in [9.17, 15) is 13.6 Å².